The van der Waals surface area contributed by atoms with Gasteiger partial charge in [0.2, 0.25) is 11.8 Å². The number of methoxy groups -OCH3 is 4. The lowest BCUT2D eigenvalue weighted by atomic mass is 10.1. The van der Waals surface area contributed by atoms with Gasteiger partial charge in [-0.1, -0.05) is 29.4 Å². The number of nitrogens with one attached hydrogen (secondary N) is 4. The molecule has 0 bridgehead atoms. The lowest BCUT2D eigenvalue weighted by Crippen LogP contribution is -2.39. The van der Waals surface area contributed by atoms with Gasteiger partial charge in [-0.15, -0.1) is 0 Å². The smallest absolute Gasteiger partial charge is 0.251 e. The number of carbonyl (C=O) groups excluding carboxylic acids is 5. The minimum atomic E-state index is -0.361. The first-order valence-electron chi connectivity index (χ1n) is 24.2. The highest BCUT2D eigenvalue weighted by Crippen LogP contribution is 2.09. The zero-order chi connectivity index (χ0) is 52.7. The quantitative estimate of drug-likeness (QED) is 0.0218. The third kappa shape index (κ3) is 35.8. The fourth-order valence-corrected chi connectivity index (χ4v) is 6.37. The van der Waals surface area contributed by atoms with E-state index in [1.807, 2.05) is 18.2 Å². The standard InChI is InChI=1S/C25H42N4O6.C15H24N4O3.C10H20O4/c1-27-23(24(26)30)12-5-7-13-28-25(31)21-11-9-10-20(16-21)17-35-29-14-6-4-8-15-34-19-22(33-3)18-32-2;1-18-13(14(16)20)7-2-3-8-19-15(21)12-6-4-5-11(9-12)10-22-17;1-12-8-10(13-2)9-14-7-5-3-4-6-11/h9-11,14,16,22-23,27H,4-8,12-13,15,17-19H2,1-3H3,(H2,26,30)(H,28,31);4-6,9,13,18H,2-3,7-8,10,17H2,1H3,(H2,16,20)(H,19,21);6,10H,3-5,7-9H2,1-2H3/b29-14+;;/t22?,23-;13-;/m00./s1. The Morgan fingerprint density at radius 3 is 1.49 bits per heavy atom. The summed E-state index contributed by atoms with van der Waals surface area (Å²) in [4.78, 5) is 66.5. The van der Waals surface area contributed by atoms with Crippen LogP contribution in [0.15, 0.2) is 53.7 Å². The highest BCUT2D eigenvalue weighted by molar-refractivity contribution is 5.94. The minimum Gasteiger partial charge on any atom is -0.391 e. The molecule has 21 heteroatoms. The van der Waals surface area contributed by atoms with Crippen molar-refractivity contribution in [2.75, 3.05) is 95.3 Å². The number of ether oxygens (including phenoxy) is 6. The molecule has 4 amide bonds. The van der Waals surface area contributed by atoms with Crippen molar-refractivity contribution < 1.29 is 62.1 Å². The van der Waals surface area contributed by atoms with E-state index >= 15 is 0 Å². The van der Waals surface area contributed by atoms with Crippen LogP contribution in [0.25, 0.3) is 0 Å². The predicted molar refractivity (Wildman–Crippen MR) is 272 cm³/mol. The van der Waals surface area contributed by atoms with Crippen LogP contribution < -0.4 is 38.6 Å². The number of primary amides is 2. The van der Waals surface area contributed by atoms with Gasteiger partial charge in [-0.25, -0.2) is 5.90 Å². The fraction of sp³-hybridized carbons (Fsp3) is 0.640. The van der Waals surface area contributed by atoms with E-state index in [-0.39, 0.29) is 61.1 Å². The summed E-state index contributed by atoms with van der Waals surface area (Å²) in [6.45, 7) is 5.11. The Bertz CT molecular complexity index is 1710. The van der Waals surface area contributed by atoms with Crippen LogP contribution in [0.3, 0.4) is 0 Å². The number of carbonyl (C=O) groups is 5. The van der Waals surface area contributed by atoms with Gasteiger partial charge in [0.25, 0.3) is 11.8 Å². The summed E-state index contributed by atoms with van der Waals surface area (Å²) < 4.78 is 31.3. The van der Waals surface area contributed by atoms with Crippen LogP contribution in [-0.4, -0.2) is 156 Å². The molecule has 0 aliphatic heterocycles. The van der Waals surface area contributed by atoms with Gasteiger partial charge in [0.15, 0.2) is 0 Å². The molecule has 0 radical (unpaired) electrons. The van der Waals surface area contributed by atoms with Crippen molar-refractivity contribution in [2.24, 2.45) is 22.5 Å². The number of oxime groups is 1. The topological polar surface area (TPSA) is 298 Å². The predicted octanol–water partition coefficient (Wildman–Crippen LogP) is 3.09. The number of hydrogen-bond donors (Lipinski definition) is 7. The maximum atomic E-state index is 12.4. The molecule has 71 heavy (non-hydrogen) atoms. The zero-order valence-electron chi connectivity index (χ0n) is 43.1. The van der Waals surface area contributed by atoms with Crippen molar-refractivity contribution >= 4 is 36.1 Å². The number of aldehydes is 1. The number of benzene rings is 2. The van der Waals surface area contributed by atoms with Crippen LogP contribution >= 0.6 is 0 Å². The third-order valence-corrected chi connectivity index (χ3v) is 10.5. The van der Waals surface area contributed by atoms with Gasteiger partial charge in [-0.2, -0.15) is 0 Å². The van der Waals surface area contributed by atoms with Gasteiger partial charge in [0, 0.05) is 78.5 Å². The summed E-state index contributed by atoms with van der Waals surface area (Å²) in [5, 5.41) is 15.5. The van der Waals surface area contributed by atoms with Crippen molar-refractivity contribution in [1.82, 2.24) is 21.3 Å². The van der Waals surface area contributed by atoms with Gasteiger partial charge < -0.3 is 70.8 Å². The molecule has 4 atom stereocenters. The number of likely N-dealkylation sites (N-methyl/N-ethyl adjacent to an activating group) is 2. The first-order chi connectivity index (χ1) is 34.4. The molecule has 0 aliphatic rings. The highest BCUT2D eigenvalue weighted by atomic mass is 16.6. The summed E-state index contributed by atoms with van der Waals surface area (Å²) in [5.74, 6) is 4.02. The number of nitrogens with zero attached hydrogens (tertiary/aromatic N) is 1. The lowest BCUT2D eigenvalue weighted by Gasteiger charge is -2.14. The number of rotatable bonds is 41. The van der Waals surface area contributed by atoms with Gasteiger partial charge in [0.05, 0.1) is 45.1 Å². The van der Waals surface area contributed by atoms with Crippen molar-refractivity contribution in [3.8, 4) is 0 Å². The van der Waals surface area contributed by atoms with E-state index in [2.05, 4.69) is 31.3 Å². The fourth-order valence-electron chi connectivity index (χ4n) is 6.37. The van der Waals surface area contributed by atoms with E-state index in [4.69, 9.17) is 50.6 Å². The van der Waals surface area contributed by atoms with Crippen molar-refractivity contribution in [3.05, 3.63) is 70.8 Å². The number of hydrogen-bond acceptors (Lipinski definition) is 17. The average Bonchev–Trinajstić information content (AvgIpc) is 3.37. The second-order valence-electron chi connectivity index (χ2n) is 16.2. The van der Waals surface area contributed by atoms with E-state index in [1.165, 1.54) is 0 Å². The number of amides is 4. The van der Waals surface area contributed by atoms with Gasteiger partial charge in [-0.3, -0.25) is 24.0 Å². The van der Waals surface area contributed by atoms with E-state index < -0.39 is 0 Å². The van der Waals surface area contributed by atoms with Crippen LogP contribution in [-0.2, 0) is 65.7 Å². The van der Waals surface area contributed by atoms with E-state index in [0.29, 0.717) is 83.1 Å². The van der Waals surface area contributed by atoms with Crippen LogP contribution in [0.2, 0.25) is 0 Å². The summed E-state index contributed by atoms with van der Waals surface area (Å²) in [6.07, 6.45) is 12.2. The molecule has 0 saturated heterocycles. The van der Waals surface area contributed by atoms with E-state index in [9.17, 15) is 24.0 Å². The number of nitrogens with two attached hydrogens (primary N) is 3. The molecule has 404 valence electrons. The summed E-state index contributed by atoms with van der Waals surface area (Å²) >= 11 is 0. The molecule has 21 nitrogen and oxygen atoms in total. The Morgan fingerprint density at radius 2 is 1.08 bits per heavy atom. The summed E-state index contributed by atoms with van der Waals surface area (Å²) in [7, 11) is 9.97. The minimum absolute atomic E-state index is 0.00562. The normalized spacial score (nSPS) is 12.6. The molecule has 2 rings (SSSR count). The largest absolute Gasteiger partial charge is 0.391 e. The Hall–Kier alpha value is -4.94. The Balaban J connectivity index is 0.00000115. The van der Waals surface area contributed by atoms with Crippen LogP contribution in [0.1, 0.15) is 109 Å². The third-order valence-electron chi connectivity index (χ3n) is 10.5. The Kier molecular flexibility index (Phi) is 42.9. The zero-order valence-corrected chi connectivity index (χ0v) is 43.1. The maximum absolute atomic E-state index is 12.4. The SMILES string of the molecule is CN[C@@H](CCCCNC(=O)c1cccc(CO/N=C/CCCCOCC(COC)OC)c1)C(N)=O.CN[C@@H](CCCCNC(=O)c1cccc(CON)c1)C(N)=O.COCC(COCCCCC=O)OC. The van der Waals surface area contributed by atoms with Crippen LogP contribution in [0.5, 0.6) is 0 Å². The lowest BCUT2D eigenvalue weighted by molar-refractivity contribution is -0.120. The van der Waals surface area contributed by atoms with Crippen molar-refractivity contribution in [1.29, 1.82) is 0 Å². The summed E-state index contributed by atoms with van der Waals surface area (Å²) in [5.41, 5.74) is 13.4. The molecule has 0 spiro atoms. The van der Waals surface area contributed by atoms with Crippen LogP contribution in [0, 0.1) is 0 Å². The molecule has 2 aromatic carbocycles. The second kappa shape index (κ2) is 46.2. The first kappa shape index (κ1) is 66.1. The van der Waals surface area contributed by atoms with E-state index in [1.54, 1.807) is 79.1 Å². The monoisotopic (exact) mass is 1010 g/mol. The molecule has 2 aromatic rings. The highest BCUT2D eigenvalue weighted by Gasteiger charge is 2.14. The Labute approximate surface area is 421 Å². The first-order valence-corrected chi connectivity index (χ1v) is 24.2. The average molecular weight is 1010 g/mol. The molecule has 10 N–H and O–H groups in total. The number of unbranched alkanes of at least 4 members (excludes halogenated alkanes) is 6. The maximum Gasteiger partial charge on any atom is 0.251 e. The molecular formula is C50H86N8O13. The van der Waals surface area contributed by atoms with Gasteiger partial charge in [0.1, 0.15) is 25.1 Å². The van der Waals surface area contributed by atoms with Crippen LogP contribution in [0.4, 0.5) is 0 Å². The molecular weight excluding hydrogens is 921 g/mol. The van der Waals surface area contributed by atoms with Crippen molar-refractivity contribution in [2.45, 2.75) is 115 Å². The van der Waals surface area contributed by atoms with E-state index in [0.717, 1.165) is 75.2 Å². The van der Waals surface area contributed by atoms with Crippen molar-refractivity contribution in [3.63, 3.8) is 0 Å². The van der Waals surface area contributed by atoms with Gasteiger partial charge >= 0.3 is 0 Å². The summed E-state index contributed by atoms with van der Waals surface area (Å²) in [6, 6.07) is 13.7. The molecule has 0 fully saturated rings. The molecule has 0 aromatic heterocycles. The Morgan fingerprint density at radius 1 is 0.620 bits per heavy atom. The molecule has 2 unspecified atom stereocenters. The van der Waals surface area contributed by atoms with Gasteiger partial charge in [-0.05, 0) is 120 Å². The molecule has 0 aliphatic carbocycles. The molecule has 0 heterocycles. The second-order valence-corrected chi connectivity index (χ2v) is 16.2. The molecule has 0 saturated carbocycles.